The first kappa shape index (κ1) is 15.2. The maximum atomic E-state index is 2.40. The minimum Gasteiger partial charge on any atom is -0.380 e. The zero-order chi connectivity index (χ0) is 11.6. The molecule has 0 unspecified atom stereocenters. The number of hydrogen-bond acceptors (Lipinski definition) is 0. The molecule has 0 fully saturated rings. The molecule has 90 valence electrons. The molecule has 0 bridgehead atoms. The highest BCUT2D eigenvalue weighted by Gasteiger charge is 2.24. The van der Waals surface area contributed by atoms with Crippen LogP contribution in [-0.4, -0.2) is 33.5 Å². The van der Waals surface area contributed by atoms with Gasteiger partial charge in [-0.15, -0.1) is 0 Å². The molecule has 0 aromatic heterocycles. The van der Waals surface area contributed by atoms with Crippen LogP contribution in [0.4, 0.5) is 0 Å². The van der Waals surface area contributed by atoms with Gasteiger partial charge in [0.25, 0.3) is 0 Å². The molecule has 0 aliphatic rings. The number of hydrogen-bond donors (Lipinski definition) is 0. The van der Waals surface area contributed by atoms with Crippen molar-refractivity contribution in [2.45, 2.75) is 65.8 Å². The summed E-state index contributed by atoms with van der Waals surface area (Å²) in [7, 11) is 1.09. The Morgan fingerprint density at radius 1 is 0.733 bits per heavy atom. The predicted molar refractivity (Wildman–Crippen MR) is 71.2 cm³/mol. The smallest absolute Gasteiger partial charge is 0.380 e. The molecule has 0 saturated carbocycles. The lowest BCUT2D eigenvalue weighted by Gasteiger charge is -2.38. The van der Waals surface area contributed by atoms with Crippen molar-refractivity contribution < 1.29 is 4.15 Å². The van der Waals surface area contributed by atoms with Crippen molar-refractivity contribution in [3.05, 3.63) is 0 Å². The first-order chi connectivity index (χ1) is 7.24. The summed E-state index contributed by atoms with van der Waals surface area (Å²) in [4.78, 5) is 0. The van der Waals surface area contributed by atoms with Crippen LogP contribution in [0.15, 0.2) is 0 Å². The Labute approximate surface area is 99.7 Å². The zero-order valence-electron chi connectivity index (χ0n) is 11.3. The molecule has 15 heavy (non-hydrogen) atoms. The van der Waals surface area contributed by atoms with Crippen LogP contribution < -0.4 is 0 Å². The van der Waals surface area contributed by atoms with E-state index in [2.05, 4.69) is 27.3 Å². The van der Waals surface area contributed by atoms with E-state index in [1.165, 1.54) is 62.3 Å². The second kappa shape index (κ2) is 9.41. The van der Waals surface area contributed by atoms with E-state index in [1.807, 2.05) is 0 Å². The summed E-state index contributed by atoms with van der Waals surface area (Å²) in [6.07, 6.45) is 8.28. The topological polar surface area (TPSA) is 0 Å². The van der Waals surface area contributed by atoms with Gasteiger partial charge in [0.2, 0.25) is 0 Å². The van der Waals surface area contributed by atoms with E-state index in [4.69, 9.17) is 0 Å². The van der Waals surface area contributed by atoms with Gasteiger partial charge in [-0.3, -0.25) is 0 Å². The van der Waals surface area contributed by atoms with Gasteiger partial charge in [-0.05, 0) is 25.8 Å². The molecule has 1 nitrogen and oxygen atoms in total. The summed E-state index contributed by atoms with van der Waals surface area (Å²) in [5, 5.41) is 0. The Morgan fingerprint density at radius 3 is 1.27 bits per heavy atom. The fraction of sp³-hybridized carbons (Fsp3) is 1.00. The van der Waals surface area contributed by atoms with Crippen molar-refractivity contribution >= 4 is 9.68 Å². The van der Waals surface area contributed by atoms with E-state index in [0.717, 1.165) is 9.68 Å². The van der Waals surface area contributed by atoms with Crippen molar-refractivity contribution in [2.75, 3.05) is 19.6 Å². The van der Waals surface area contributed by atoms with Crippen LogP contribution >= 0.6 is 0 Å². The predicted octanol–water partition coefficient (Wildman–Crippen LogP) is 3.87. The van der Waals surface area contributed by atoms with Crippen molar-refractivity contribution in [2.24, 2.45) is 0 Å². The van der Waals surface area contributed by atoms with Crippen molar-refractivity contribution in [1.82, 2.24) is 0 Å². The second-order valence-electron chi connectivity index (χ2n) is 4.60. The molecule has 0 heterocycles. The van der Waals surface area contributed by atoms with Gasteiger partial charge < -0.3 is 4.15 Å². The van der Waals surface area contributed by atoms with Gasteiger partial charge in [0.05, 0.1) is 19.6 Å². The molecule has 0 atom stereocenters. The van der Waals surface area contributed by atoms with Crippen LogP contribution in [0.1, 0.15) is 59.3 Å². The highest BCUT2D eigenvalue weighted by molar-refractivity contribution is 6.24. The molecule has 0 amide bonds. The fourth-order valence-electron chi connectivity index (χ4n) is 2.05. The zero-order valence-corrected chi connectivity index (χ0v) is 12.3. The van der Waals surface area contributed by atoms with Gasteiger partial charge in [-0.25, -0.2) is 0 Å². The van der Waals surface area contributed by atoms with E-state index in [-0.39, 0.29) is 0 Å². The molecule has 0 aliphatic heterocycles. The van der Waals surface area contributed by atoms with Gasteiger partial charge in [-0.2, -0.15) is 0 Å². The van der Waals surface area contributed by atoms with E-state index in [1.54, 1.807) is 0 Å². The number of nitrogens with zero attached hydrogens (tertiary/aromatic N) is 1. The molecule has 0 saturated heterocycles. The normalized spacial score (nSPS) is 12.0. The molecule has 0 spiro atoms. The SMILES string of the molecule is CCCC[N+](CCCC)(CCCC)[Si]C. The summed E-state index contributed by atoms with van der Waals surface area (Å²) in [6.45, 7) is 13.6. The third-order valence-corrected chi connectivity index (χ3v) is 4.91. The molecule has 0 N–H and O–H groups in total. The van der Waals surface area contributed by atoms with Crippen LogP contribution in [0.3, 0.4) is 0 Å². The van der Waals surface area contributed by atoms with E-state index >= 15 is 0 Å². The summed E-state index contributed by atoms with van der Waals surface area (Å²) >= 11 is 0. The summed E-state index contributed by atoms with van der Waals surface area (Å²) in [5.74, 6) is 0. The van der Waals surface area contributed by atoms with E-state index < -0.39 is 0 Å². The third kappa shape index (κ3) is 6.36. The van der Waals surface area contributed by atoms with Gasteiger partial charge in [0.15, 0.2) is 0 Å². The lowest BCUT2D eigenvalue weighted by atomic mass is 10.2. The molecule has 2 heteroatoms. The van der Waals surface area contributed by atoms with E-state index in [0.29, 0.717) is 0 Å². The quantitative estimate of drug-likeness (QED) is 0.498. The van der Waals surface area contributed by atoms with Gasteiger partial charge in [0.1, 0.15) is 0 Å². The Morgan fingerprint density at radius 2 is 1.07 bits per heavy atom. The van der Waals surface area contributed by atoms with Crippen LogP contribution in [0.25, 0.3) is 0 Å². The average Bonchev–Trinajstić information content (AvgIpc) is 2.29. The number of unbranched alkanes of at least 4 members (excludes halogenated alkanes) is 3. The molecule has 0 rings (SSSR count). The fourth-order valence-corrected chi connectivity index (χ4v) is 3.20. The summed E-state index contributed by atoms with van der Waals surface area (Å²) in [6, 6.07) is 0. The third-order valence-electron chi connectivity index (χ3n) is 3.29. The lowest BCUT2D eigenvalue weighted by molar-refractivity contribution is -0.823. The molecular formula is C13H30NSi+. The minimum absolute atomic E-state index is 1.09. The Hall–Kier alpha value is 0.177. The van der Waals surface area contributed by atoms with Crippen LogP contribution in [0, 0.1) is 0 Å². The van der Waals surface area contributed by atoms with Crippen molar-refractivity contribution in [3.63, 3.8) is 0 Å². The summed E-state index contributed by atoms with van der Waals surface area (Å²) < 4.78 is 1.41. The molecular weight excluding hydrogens is 198 g/mol. The average molecular weight is 228 g/mol. The number of quaternary nitrogens is 1. The van der Waals surface area contributed by atoms with Crippen LogP contribution in [-0.2, 0) is 0 Å². The monoisotopic (exact) mass is 228 g/mol. The first-order valence-corrected chi connectivity index (χ1v) is 8.24. The highest BCUT2D eigenvalue weighted by atomic mass is 28.2. The van der Waals surface area contributed by atoms with Gasteiger partial charge in [-0.1, -0.05) is 40.0 Å². The minimum atomic E-state index is 1.09. The van der Waals surface area contributed by atoms with E-state index in [9.17, 15) is 0 Å². The largest absolute Gasteiger partial charge is 0.387 e. The lowest BCUT2D eigenvalue weighted by Crippen LogP contribution is -2.51. The summed E-state index contributed by atoms with van der Waals surface area (Å²) in [5.41, 5.74) is 0. The number of rotatable bonds is 10. The maximum Gasteiger partial charge on any atom is 0.387 e. The first-order valence-electron chi connectivity index (χ1n) is 6.79. The van der Waals surface area contributed by atoms with Crippen LogP contribution in [0.2, 0.25) is 6.55 Å². The Kier molecular flexibility index (Phi) is 9.52. The van der Waals surface area contributed by atoms with Gasteiger partial charge in [0, 0.05) is 0 Å². The van der Waals surface area contributed by atoms with Crippen molar-refractivity contribution in [1.29, 1.82) is 0 Å². The Balaban J connectivity index is 4.16. The van der Waals surface area contributed by atoms with Crippen LogP contribution in [0.5, 0.6) is 0 Å². The molecule has 2 radical (unpaired) electrons. The highest BCUT2D eigenvalue weighted by Crippen LogP contribution is 2.12. The standard InChI is InChI=1S/C13H30NSi/c1-5-8-11-14(15-4,12-9-6-2)13-10-7-3/h5-13H2,1-4H3/q+1. The molecule has 0 aromatic rings. The van der Waals surface area contributed by atoms with Crippen molar-refractivity contribution in [3.8, 4) is 0 Å². The Bertz CT molecular complexity index is 115. The molecule has 0 aliphatic carbocycles. The maximum absolute atomic E-state index is 2.40. The van der Waals surface area contributed by atoms with Gasteiger partial charge >= 0.3 is 9.68 Å². The second-order valence-corrected chi connectivity index (χ2v) is 6.00. The molecule has 0 aromatic carbocycles.